The Morgan fingerprint density at radius 2 is 1.02 bits per heavy atom. The number of nitrogens with one attached hydrogen (secondary N) is 2. The SMILES string of the molecule is N=C(/C=C(\Nc1ccc(-c2ccc(-n3nc(-c4ccccc4)cc3-c3ccccc3)cc2)cc1)c1ccccc1)c1ccccc1. The van der Waals surface area contributed by atoms with Crippen LogP contribution in [0.15, 0.2) is 182 Å². The summed E-state index contributed by atoms with van der Waals surface area (Å²) in [5, 5.41) is 17.3. The number of aromatic nitrogens is 2. The largest absolute Gasteiger partial charge is 0.355 e. The third-order valence-corrected chi connectivity index (χ3v) is 7.92. The van der Waals surface area contributed by atoms with Gasteiger partial charge in [0.15, 0.2) is 0 Å². The van der Waals surface area contributed by atoms with Gasteiger partial charge in [-0.1, -0.05) is 146 Å². The summed E-state index contributed by atoms with van der Waals surface area (Å²) in [7, 11) is 0. The van der Waals surface area contributed by atoms with Gasteiger partial charge in [-0.15, -0.1) is 0 Å². The first-order valence-electron chi connectivity index (χ1n) is 15.3. The molecule has 0 atom stereocenters. The highest BCUT2D eigenvalue weighted by Crippen LogP contribution is 2.30. The number of hydrogen-bond acceptors (Lipinski definition) is 3. The molecule has 2 N–H and O–H groups in total. The molecule has 4 nitrogen and oxygen atoms in total. The van der Waals surface area contributed by atoms with E-state index >= 15 is 0 Å². The first-order chi connectivity index (χ1) is 22.7. The Kier molecular flexibility index (Phi) is 8.16. The van der Waals surface area contributed by atoms with Gasteiger partial charge in [-0.2, -0.15) is 5.10 Å². The summed E-state index contributed by atoms with van der Waals surface area (Å²) in [6.07, 6.45) is 1.89. The third-order valence-electron chi connectivity index (χ3n) is 7.92. The van der Waals surface area contributed by atoms with Crippen molar-refractivity contribution in [1.82, 2.24) is 9.78 Å². The molecule has 0 spiro atoms. The molecule has 6 aromatic carbocycles. The molecule has 220 valence electrons. The Morgan fingerprint density at radius 3 is 1.61 bits per heavy atom. The van der Waals surface area contributed by atoms with E-state index in [0.29, 0.717) is 5.71 Å². The van der Waals surface area contributed by atoms with E-state index in [2.05, 4.69) is 108 Å². The van der Waals surface area contributed by atoms with Crippen LogP contribution >= 0.6 is 0 Å². The van der Waals surface area contributed by atoms with Crippen LogP contribution in [0.1, 0.15) is 11.1 Å². The maximum atomic E-state index is 8.69. The molecule has 0 bridgehead atoms. The second kappa shape index (κ2) is 13.2. The molecule has 0 saturated heterocycles. The van der Waals surface area contributed by atoms with E-state index in [4.69, 9.17) is 10.5 Å². The Balaban J connectivity index is 1.15. The normalized spacial score (nSPS) is 11.3. The summed E-state index contributed by atoms with van der Waals surface area (Å²) in [5.74, 6) is 0. The predicted molar refractivity (Wildman–Crippen MR) is 191 cm³/mol. The Labute approximate surface area is 269 Å². The van der Waals surface area contributed by atoms with Crippen molar-refractivity contribution in [3.05, 3.63) is 193 Å². The molecule has 0 aliphatic rings. The first kappa shape index (κ1) is 28.5. The van der Waals surface area contributed by atoms with Gasteiger partial charge in [0, 0.05) is 22.5 Å². The van der Waals surface area contributed by atoms with Crippen LogP contribution in [-0.2, 0) is 0 Å². The van der Waals surface area contributed by atoms with E-state index in [9.17, 15) is 0 Å². The molecule has 1 heterocycles. The molecule has 0 aliphatic heterocycles. The smallest absolute Gasteiger partial charge is 0.0934 e. The molecule has 7 aromatic rings. The fourth-order valence-electron chi connectivity index (χ4n) is 5.49. The molecular formula is C42H32N4. The van der Waals surface area contributed by atoms with Crippen LogP contribution in [0.4, 0.5) is 5.69 Å². The van der Waals surface area contributed by atoms with Crippen LogP contribution in [-0.4, -0.2) is 15.5 Å². The van der Waals surface area contributed by atoms with E-state index in [1.165, 1.54) is 0 Å². The van der Waals surface area contributed by atoms with Gasteiger partial charge in [-0.3, -0.25) is 0 Å². The zero-order chi connectivity index (χ0) is 31.1. The highest BCUT2D eigenvalue weighted by Gasteiger charge is 2.13. The molecule has 0 aliphatic carbocycles. The minimum absolute atomic E-state index is 0.451. The van der Waals surface area contributed by atoms with Gasteiger partial charge in [0.2, 0.25) is 0 Å². The van der Waals surface area contributed by atoms with Crippen LogP contribution in [0.3, 0.4) is 0 Å². The third kappa shape index (κ3) is 6.33. The summed E-state index contributed by atoms with van der Waals surface area (Å²) in [6, 6.07) is 59.7. The van der Waals surface area contributed by atoms with Crippen molar-refractivity contribution in [3.63, 3.8) is 0 Å². The fraction of sp³-hybridized carbons (Fsp3) is 0. The Morgan fingerprint density at radius 1 is 0.522 bits per heavy atom. The van der Waals surface area contributed by atoms with Gasteiger partial charge in [-0.25, -0.2) is 4.68 Å². The lowest BCUT2D eigenvalue weighted by Crippen LogP contribution is -2.03. The van der Waals surface area contributed by atoms with Gasteiger partial charge in [0.25, 0.3) is 0 Å². The topological polar surface area (TPSA) is 53.7 Å². The second-order valence-corrected chi connectivity index (χ2v) is 11.0. The standard InChI is InChI=1S/C42H32N4/c43-39(33-13-5-1-6-14-33)29-40(34-15-7-2-8-16-34)44-37-25-21-31(22-26-37)32-23-27-38(28-24-32)46-42(36-19-11-4-12-20-36)30-41(45-46)35-17-9-3-10-18-35/h1-30,43-44H/b40-29-,43-39?. The number of anilines is 1. The first-order valence-corrected chi connectivity index (χ1v) is 15.3. The van der Waals surface area contributed by atoms with Gasteiger partial charge < -0.3 is 10.7 Å². The monoisotopic (exact) mass is 592 g/mol. The molecule has 1 aromatic heterocycles. The van der Waals surface area contributed by atoms with E-state index in [1.54, 1.807) is 0 Å². The van der Waals surface area contributed by atoms with Crippen LogP contribution < -0.4 is 5.32 Å². The molecule has 4 heteroatoms. The highest BCUT2D eigenvalue weighted by molar-refractivity contribution is 6.11. The number of nitrogens with zero attached hydrogens (tertiary/aromatic N) is 2. The minimum atomic E-state index is 0.451. The van der Waals surface area contributed by atoms with Crippen LogP contribution in [0.5, 0.6) is 0 Å². The highest BCUT2D eigenvalue weighted by atomic mass is 15.3. The average molecular weight is 593 g/mol. The summed E-state index contributed by atoms with van der Waals surface area (Å²) in [5.41, 5.74) is 11.6. The van der Waals surface area contributed by atoms with Crippen LogP contribution in [0, 0.1) is 5.41 Å². The van der Waals surface area contributed by atoms with Crippen molar-refractivity contribution in [2.75, 3.05) is 5.32 Å². The zero-order valence-electron chi connectivity index (χ0n) is 25.2. The van der Waals surface area contributed by atoms with Crippen molar-refractivity contribution in [3.8, 4) is 39.3 Å². The van der Waals surface area contributed by atoms with Crippen molar-refractivity contribution < 1.29 is 0 Å². The lowest BCUT2D eigenvalue weighted by molar-refractivity contribution is 0.892. The van der Waals surface area contributed by atoms with Crippen LogP contribution in [0.2, 0.25) is 0 Å². The Bertz CT molecular complexity index is 2080. The maximum Gasteiger partial charge on any atom is 0.0934 e. The van der Waals surface area contributed by atoms with E-state index in [1.807, 2.05) is 83.6 Å². The zero-order valence-corrected chi connectivity index (χ0v) is 25.2. The number of benzene rings is 6. The number of rotatable bonds is 9. The molecule has 7 rings (SSSR count). The molecule has 0 amide bonds. The molecule has 0 fully saturated rings. The van der Waals surface area contributed by atoms with Gasteiger partial charge in [0.1, 0.15) is 0 Å². The van der Waals surface area contributed by atoms with Crippen LogP contribution in [0.25, 0.3) is 45.0 Å². The van der Waals surface area contributed by atoms with Crippen molar-refractivity contribution in [2.45, 2.75) is 0 Å². The number of allylic oxidation sites excluding steroid dienone is 1. The van der Waals surface area contributed by atoms with Crippen molar-refractivity contribution in [1.29, 1.82) is 5.41 Å². The lowest BCUT2D eigenvalue weighted by atomic mass is 10.0. The molecule has 0 saturated carbocycles. The summed E-state index contributed by atoms with van der Waals surface area (Å²) < 4.78 is 2.03. The van der Waals surface area contributed by atoms with E-state index < -0.39 is 0 Å². The summed E-state index contributed by atoms with van der Waals surface area (Å²) >= 11 is 0. The minimum Gasteiger partial charge on any atom is -0.355 e. The quantitative estimate of drug-likeness (QED) is 0.164. The van der Waals surface area contributed by atoms with Gasteiger partial charge in [0.05, 0.1) is 22.8 Å². The average Bonchev–Trinajstić information content (AvgIpc) is 3.59. The lowest BCUT2D eigenvalue weighted by Gasteiger charge is -2.13. The van der Waals surface area contributed by atoms with Crippen molar-refractivity contribution >= 4 is 17.1 Å². The summed E-state index contributed by atoms with van der Waals surface area (Å²) in [4.78, 5) is 0. The molecule has 46 heavy (non-hydrogen) atoms. The molecule has 0 unspecified atom stereocenters. The van der Waals surface area contributed by atoms with E-state index in [-0.39, 0.29) is 0 Å². The molecular weight excluding hydrogens is 560 g/mol. The second-order valence-electron chi connectivity index (χ2n) is 11.0. The molecule has 0 radical (unpaired) electrons. The van der Waals surface area contributed by atoms with Gasteiger partial charge >= 0.3 is 0 Å². The summed E-state index contributed by atoms with van der Waals surface area (Å²) in [6.45, 7) is 0. The number of hydrogen-bond donors (Lipinski definition) is 2. The van der Waals surface area contributed by atoms with Crippen molar-refractivity contribution in [2.24, 2.45) is 0 Å². The Hall–Kier alpha value is -6.26. The predicted octanol–water partition coefficient (Wildman–Crippen LogP) is 10.4. The van der Waals surface area contributed by atoms with E-state index in [0.717, 1.165) is 61.8 Å². The fourth-order valence-corrected chi connectivity index (χ4v) is 5.49. The maximum absolute atomic E-state index is 8.69. The van der Waals surface area contributed by atoms with Gasteiger partial charge in [-0.05, 0) is 58.7 Å².